The quantitative estimate of drug-likeness (QED) is 0.637. The number of hydrogen-bond donors (Lipinski definition) is 2. The van der Waals surface area contributed by atoms with Crippen LogP contribution in [0.5, 0.6) is 5.75 Å². The van der Waals surface area contributed by atoms with Crippen molar-refractivity contribution >= 4 is 22.7 Å². The molecule has 3 nitrogen and oxygen atoms in total. The first-order chi connectivity index (χ1) is 7.83. The van der Waals surface area contributed by atoms with E-state index in [4.69, 9.17) is 10.6 Å². The molecule has 0 saturated carbocycles. The molecule has 1 atom stereocenters. The molecule has 5 heteroatoms. The summed E-state index contributed by atoms with van der Waals surface area (Å²) in [4.78, 5) is 2.53. The van der Waals surface area contributed by atoms with Crippen LogP contribution >= 0.6 is 22.7 Å². The maximum absolute atomic E-state index is 5.59. The number of thiophene rings is 2. The number of hydrazine groups is 1. The highest BCUT2D eigenvalue weighted by Crippen LogP contribution is 2.29. The monoisotopic (exact) mass is 254 g/mol. The van der Waals surface area contributed by atoms with Crippen molar-refractivity contribution in [3.63, 3.8) is 0 Å². The van der Waals surface area contributed by atoms with E-state index in [0.717, 1.165) is 12.2 Å². The Morgan fingerprint density at radius 3 is 2.94 bits per heavy atom. The Hall–Kier alpha value is -0.880. The van der Waals surface area contributed by atoms with Gasteiger partial charge in [0.1, 0.15) is 5.75 Å². The maximum Gasteiger partial charge on any atom is 0.129 e. The Bertz CT molecular complexity index is 425. The first kappa shape index (κ1) is 11.6. The van der Waals surface area contributed by atoms with Crippen molar-refractivity contribution in [1.82, 2.24) is 5.43 Å². The molecule has 86 valence electrons. The third-order valence-electron chi connectivity index (χ3n) is 2.36. The Balaban J connectivity index is 2.10. The van der Waals surface area contributed by atoms with Crippen molar-refractivity contribution in [2.45, 2.75) is 12.5 Å². The van der Waals surface area contributed by atoms with E-state index in [9.17, 15) is 0 Å². The fraction of sp³-hybridized carbons (Fsp3) is 0.273. The van der Waals surface area contributed by atoms with E-state index in [2.05, 4.69) is 22.9 Å². The van der Waals surface area contributed by atoms with E-state index in [1.54, 1.807) is 29.8 Å². The third kappa shape index (κ3) is 2.62. The molecule has 0 amide bonds. The number of methoxy groups -OCH3 is 1. The van der Waals surface area contributed by atoms with Gasteiger partial charge in [-0.1, -0.05) is 6.07 Å². The number of rotatable bonds is 5. The minimum atomic E-state index is 0.160. The topological polar surface area (TPSA) is 47.3 Å². The molecule has 2 rings (SSSR count). The van der Waals surface area contributed by atoms with E-state index in [1.165, 1.54) is 9.75 Å². The molecule has 16 heavy (non-hydrogen) atoms. The summed E-state index contributed by atoms with van der Waals surface area (Å²) < 4.78 is 5.17. The highest BCUT2D eigenvalue weighted by atomic mass is 32.1. The van der Waals surface area contributed by atoms with Crippen LogP contribution in [0.3, 0.4) is 0 Å². The van der Waals surface area contributed by atoms with Crippen LogP contribution in [0.15, 0.2) is 29.0 Å². The SMILES string of the molecule is COc1csc(C(Cc2cccs2)NN)c1. The molecular weight excluding hydrogens is 240 g/mol. The molecule has 2 heterocycles. The van der Waals surface area contributed by atoms with E-state index < -0.39 is 0 Å². The van der Waals surface area contributed by atoms with E-state index in [0.29, 0.717) is 0 Å². The van der Waals surface area contributed by atoms with Crippen molar-refractivity contribution in [1.29, 1.82) is 0 Å². The number of ether oxygens (including phenoxy) is 1. The van der Waals surface area contributed by atoms with Crippen LogP contribution in [-0.2, 0) is 6.42 Å². The standard InChI is InChI=1S/C11H14N2OS2/c1-14-8-5-11(16-7-8)10(13-12)6-9-3-2-4-15-9/h2-5,7,10,13H,6,12H2,1H3. The lowest BCUT2D eigenvalue weighted by Gasteiger charge is -2.12. The summed E-state index contributed by atoms with van der Waals surface area (Å²) in [6.07, 6.45) is 0.915. The first-order valence-corrected chi connectivity index (χ1v) is 6.70. The van der Waals surface area contributed by atoms with E-state index >= 15 is 0 Å². The number of hydrogen-bond acceptors (Lipinski definition) is 5. The molecule has 0 radical (unpaired) electrons. The molecule has 0 fully saturated rings. The van der Waals surface area contributed by atoms with Gasteiger partial charge < -0.3 is 4.74 Å². The van der Waals surface area contributed by atoms with Gasteiger partial charge in [0.2, 0.25) is 0 Å². The highest BCUT2D eigenvalue weighted by Gasteiger charge is 2.13. The second kappa shape index (κ2) is 5.45. The van der Waals surface area contributed by atoms with Crippen LogP contribution in [0.4, 0.5) is 0 Å². The largest absolute Gasteiger partial charge is 0.496 e. The summed E-state index contributed by atoms with van der Waals surface area (Å²) in [5.41, 5.74) is 2.86. The van der Waals surface area contributed by atoms with Crippen LogP contribution in [0, 0.1) is 0 Å². The van der Waals surface area contributed by atoms with Crippen molar-refractivity contribution < 1.29 is 4.74 Å². The molecule has 0 aliphatic carbocycles. The minimum absolute atomic E-state index is 0.160. The Morgan fingerprint density at radius 1 is 1.50 bits per heavy atom. The zero-order chi connectivity index (χ0) is 11.4. The molecule has 0 aliphatic heterocycles. The van der Waals surface area contributed by atoms with Gasteiger partial charge in [-0.15, -0.1) is 22.7 Å². The molecule has 1 unspecified atom stereocenters. The molecule has 0 bridgehead atoms. The summed E-state index contributed by atoms with van der Waals surface area (Å²) in [6, 6.07) is 6.37. The maximum atomic E-state index is 5.59. The number of nitrogens with one attached hydrogen (secondary N) is 1. The lowest BCUT2D eigenvalue weighted by Crippen LogP contribution is -2.28. The van der Waals surface area contributed by atoms with Gasteiger partial charge >= 0.3 is 0 Å². The second-order valence-electron chi connectivity index (χ2n) is 3.39. The summed E-state index contributed by atoms with van der Waals surface area (Å²) in [5.74, 6) is 6.49. The Morgan fingerprint density at radius 2 is 2.38 bits per heavy atom. The van der Waals surface area contributed by atoms with Crippen molar-refractivity contribution in [2.75, 3.05) is 7.11 Å². The normalized spacial score (nSPS) is 12.6. The smallest absolute Gasteiger partial charge is 0.129 e. The fourth-order valence-corrected chi connectivity index (χ4v) is 3.16. The van der Waals surface area contributed by atoms with Gasteiger partial charge in [0.25, 0.3) is 0 Å². The van der Waals surface area contributed by atoms with Crippen LogP contribution in [-0.4, -0.2) is 7.11 Å². The average molecular weight is 254 g/mol. The van der Waals surface area contributed by atoms with Gasteiger partial charge in [-0.05, 0) is 17.5 Å². The zero-order valence-electron chi connectivity index (χ0n) is 8.97. The average Bonchev–Trinajstić information content (AvgIpc) is 2.96. The highest BCUT2D eigenvalue weighted by molar-refractivity contribution is 7.10. The summed E-state index contributed by atoms with van der Waals surface area (Å²) in [5, 5.41) is 4.08. The minimum Gasteiger partial charge on any atom is -0.496 e. The van der Waals surface area contributed by atoms with E-state index in [-0.39, 0.29) is 6.04 Å². The van der Waals surface area contributed by atoms with Gasteiger partial charge in [0, 0.05) is 21.6 Å². The molecule has 0 aromatic carbocycles. The van der Waals surface area contributed by atoms with Gasteiger partial charge in [-0.3, -0.25) is 11.3 Å². The van der Waals surface area contributed by atoms with Gasteiger partial charge in [0.05, 0.1) is 13.2 Å². The predicted octanol–water partition coefficient (Wildman–Crippen LogP) is 2.57. The summed E-state index contributed by atoms with van der Waals surface area (Å²) in [6.45, 7) is 0. The lowest BCUT2D eigenvalue weighted by molar-refractivity contribution is 0.415. The molecule has 3 N–H and O–H groups in total. The molecule has 0 saturated heterocycles. The molecular formula is C11H14N2OS2. The third-order valence-corrected chi connectivity index (χ3v) is 4.28. The van der Waals surface area contributed by atoms with Crippen molar-refractivity contribution in [2.24, 2.45) is 5.84 Å². The lowest BCUT2D eigenvalue weighted by atomic mass is 10.1. The number of nitrogens with two attached hydrogens (primary N) is 1. The Kier molecular flexibility index (Phi) is 3.95. The van der Waals surface area contributed by atoms with Gasteiger partial charge in [-0.2, -0.15) is 0 Å². The Labute approximate surface area is 103 Å². The summed E-state index contributed by atoms with van der Waals surface area (Å²) >= 11 is 3.42. The van der Waals surface area contributed by atoms with Crippen molar-refractivity contribution in [3.05, 3.63) is 38.7 Å². The molecule has 2 aromatic heterocycles. The van der Waals surface area contributed by atoms with Crippen LogP contribution in [0.2, 0.25) is 0 Å². The van der Waals surface area contributed by atoms with E-state index in [1.807, 2.05) is 11.4 Å². The van der Waals surface area contributed by atoms with Crippen LogP contribution < -0.4 is 16.0 Å². The van der Waals surface area contributed by atoms with Gasteiger partial charge in [0.15, 0.2) is 0 Å². The van der Waals surface area contributed by atoms with Crippen LogP contribution in [0.1, 0.15) is 15.8 Å². The zero-order valence-corrected chi connectivity index (χ0v) is 10.6. The molecule has 2 aromatic rings. The molecule has 0 aliphatic rings. The molecule has 0 spiro atoms. The van der Waals surface area contributed by atoms with Gasteiger partial charge in [-0.25, -0.2) is 0 Å². The predicted molar refractivity (Wildman–Crippen MR) is 69.0 cm³/mol. The van der Waals surface area contributed by atoms with Crippen molar-refractivity contribution in [3.8, 4) is 5.75 Å². The second-order valence-corrected chi connectivity index (χ2v) is 5.37. The van der Waals surface area contributed by atoms with Crippen LogP contribution in [0.25, 0.3) is 0 Å². The first-order valence-electron chi connectivity index (χ1n) is 4.94. The summed E-state index contributed by atoms with van der Waals surface area (Å²) in [7, 11) is 1.68. The fourth-order valence-electron chi connectivity index (χ4n) is 1.50.